The molecule has 2 heterocycles. The third-order valence-corrected chi connectivity index (χ3v) is 6.36. The maximum absolute atomic E-state index is 13.1. The van der Waals surface area contributed by atoms with E-state index in [9.17, 15) is 14.7 Å². The van der Waals surface area contributed by atoms with Crippen molar-refractivity contribution in [2.75, 3.05) is 19.6 Å². The average molecular weight is 402 g/mol. The smallest absolute Gasteiger partial charge is 0.407 e. The van der Waals surface area contributed by atoms with Crippen molar-refractivity contribution in [3.05, 3.63) is 40.0 Å². The van der Waals surface area contributed by atoms with Crippen LogP contribution in [0, 0.1) is 0 Å². The second-order valence-electron chi connectivity index (χ2n) is 7.58. The van der Waals surface area contributed by atoms with Crippen molar-refractivity contribution in [2.24, 2.45) is 0 Å². The first-order chi connectivity index (χ1) is 13.5. The molecule has 1 aliphatic heterocycles. The minimum absolute atomic E-state index is 0.0824. The summed E-state index contributed by atoms with van der Waals surface area (Å²) in [5, 5.41) is 11.0. The van der Waals surface area contributed by atoms with Crippen LogP contribution >= 0.6 is 11.6 Å². The molecule has 1 aromatic carbocycles. The minimum atomic E-state index is -0.923. The van der Waals surface area contributed by atoms with Crippen molar-refractivity contribution in [3.63, 3.8) is 0 Å². The summed E-state index contributed by atoms with van der Waals surface area (Å²) >= 11 is 6.63. The highest BCUT2D eigenvalue weighted by molar-refractivity contribution is 6.36. The second-order valence-corrected chi connectivity index (χ2v) is 7.96. The zero-order valence-corrected chi connectivity index (χ0v) is 16.7. The molecule has 1 saturated heterocycles. The highest BCUT2D eigenvalue weighted by atomic mass is 35.5. The number of nitrogens with zero attached hydrogens (tertiary/aromatic N) is 3. The number of amides is 2. The van der Waals surface area contributed by atoms with Crippen LogP contribution in [0.25, 0.3) is 10.9 Å². The van der Waals surface area contributed by atoms with Gasteiger partial charge >= 0.3 is 6.09 Å². The van der Waals surface area contributed by atoms with E-state index in [-0.39, 0.29) is 11.9 Å². The lowest BCUT2D eigenvalue weighted by molar-refractivity contribution is 0.0469. The first kappa shape index (κ1) is 19.0. The molecule has 4 rings (SSSR count). The highest BCUT2D eigenvalue weighted by Gasteiger charge is 2.31. The first-order valence-electron chi connectivity index (χ1n) is 9.89. The number of pyridine rings is 1. The molecule has 6 nitrogen and oxygen atoms in total. The molecule has 2 amide bonds. The van der Waals surface area contributed by atoms with Crippen LogP contribution in [0.15, 0.2) is 18.2 Å². The quantitative estimate of drug-likeness (QED) is 0.825. The third-order valence-electron chi connectivity index (χ3n) is 5.93. The maximum Gasteiger partial charge on any atom is 0.407 e. The maximum atomic E-state index is 13.1. The zero-order chi connectivity index (χ0) is 19.8. The third kappa shape index (κ3) is 3.30. The fourth-order valence-electron chi connectivity index (χ4n) is 4.32. The molecule has 28 heavy (non-hydrogen) atoms. The van der Waals surface area contributed by atoms with Gasteiger partial charge in [-0.3, -0.25) is 9.78 Å². The lowest BCUT2D eigenvalue weighted by Crippen LogP contribution is -2.56. The van der Waals surface area contributed by atoms with E-state index in [0.717, 1.165) is 52.9 Å². The number of hydrogen-bond donors (Lipinski definition) is 1. The molecule has 1 N–H and O–H groups in total. The molecular weight excluding hydrogens is 378 g/mol. The van der Waals surface area contributed by atoms with Crippen LogP contribution in [-0.4, -0.2) is 57.6 Å². The molecule has 1 atom stereocenters. The van der Waals surface area contributed by atoms with Gasteiger partial charge in [-0.2, -0.15) is 0 Å². The van der Waals surface area contributed by atoms with Gasteiger partial charge in [0.2, 0.25) is 0 Å². The largest absolute Gasteiger partial charge is 0.465 e. The van der Waals surface area contributed by atoms with Crippen LogP contribution in [0.1, 0.15) is 47.8 Å². The zero-order valence-electron chi connectivity index (χ0n) is 15.9. The monoisotopic (exact) mass is 401 g/mol. The molecule has 7 heteroatoms. The summed E-state index contributed by atoms with van der Waals surface area (Å²) < 4.78 is 0. The van der Waals surface area contributed by atoms with Crippen molar-refractivity contribution in [2.45, 2.75) is 45.1 Å². The molecule has 1 fully saturated rings. The topological polar surface area (TPSA) is 73.7 Å². The van der Waals surface area contributed by atoms with Crippen molar-refractivity contribution < 1.29 is 14.7 Å². The van der Waals surface area contributed by atoms with Crippen molar-refractivity contribution in [1.29, 1.82) is 0 Å². The van der Waals surface area contributed by atoms with Gasteiger partial charge in [-0.15, -0.1) is 0 Å². The van der Waals surface area contributed by atoms with E-state index in [1.54, 1.807) is 11.0 Å². The molecule has 1 aliphatic carbocycles. The van der Waals surface area contributed by atoms with Crippen LogP contribution in [0.5, 0.6) is 0 Å². The molecule has 0 radical (unpaired) electrons. The molecule has 2 aromatic rings. The number of carbonyl (C=O) groups excluding carboxylic acids is 1. The Bertz CT molecular complexity index is 946. The Labute approximate surface area is 169 Å². The molecule has 0 spiro atoms. The van der Waals surface area contributed by atoms with E-state index in [1.807, 2.05) is 19.1 Å². The van der Waals surface area contributed by atoms with E-state index in [1.165, 1.54) is 4.90 Å². The van der Waals surface area contributed by atoms with Gasteiger partial charge in [0.15, 0.2) is 0 Å². The van der Waals surface area contributed by atoms with E-state index in [0.29, 0.717) is 31.6 Å². The lowest BCUT2D eigenvalue weighted by Gasteiger charge is -2.39. The summed E-state index contributed by atoms with van der Waals surface area (Å²) in [4.78, 5) is 32.4. The van der Waals surface area contributed by atoms with Crippen LogP contribution in [-0.2, 0) is 12.8 Å². The Morgan fingerprint density at radius 2 is 2.04 bits per heavy atom. The van der Waals surface area contributed by atoms with Gasteiger partial charge in [0.25, 0.3) is 5.91 Å². The average Bonchev–Trinajstić information content (AvgIpc) is 2.72. The number of benzene rings is 1. The number of aryl methyl sites for hydroxylation is 1. The molecule has 148 valence electrons. The van der Waals surface area contributed by atoms with E-state index in [4.69, 9.17) is 16.6 Å². The summed E-state index contributed by atoms with van der Waals surface area (Å²) in [5.41, 5.74) is 3.53. The summed E-state index contributed by atoms with van der Waals surface area (Å²) in [7, 11) is 0. The summed E-state index contributed by atoms with van der Waals surface area (Å²) in [6, 6.07) is 5.34. The van der Waals surface area contributed by atoms with Crippen molar-refractivity contribution in [1.82, 2.24) is 14.8 Å². The predicted molar refractivity (Wildman–Crippen MR) is 108 cm³/mol. The standard InChI is InChI=1S/C21H24ClN3O3/c1-2-14-12-24(9-10-25(14)21(27)28)20(26)13-7-8-16-18(11-13)23-17-6-4-3-5-15(17)19(16)22/h7-8,11,14H,2-6,9-10,12H2,1H3,(H,27,28). The normalized spacial score (nSPS) is 19.6. The lowest BCUT2D eigenvalue weighted by atomic mass is 9.94. The highest BCUT2D eigenvalue weighted by Crippen LogP contribution is 2.33. The van der Waals surface area contributed by atoms with Gasteiger partial charge in [-0.1, -0.05) is 24.6 Å². The minimum Gasteiger partial charge on any atom is -0.465 e. The van der Waals surface area contributed by atoms with Crippen LogP contribution in [0.2, 0.25) is 5.02 Å². The molecular formula is C21H24ClN3O3. The van der Waals surface area contributed by atoms with Gasteiger partial charge < -0.3 is 14.9 Å². The SMILES string of the molecule is CCC1CN(C(=O)c2ccc3c(Cl)c4c(nc3c2)CCCC4)CCN1C(=O)O. The summed E-state index contributed by atoms with van der Waals surface area (Å²) in [6.45, 7) is 3.10. The number of piperazine rings is 1. The molecule has 1 unspecified atom stereocenters. The van der Waals surface area contributed by atoms with E-state index < -0.39 is 6.09 Å². The van der Waals surface area contributed by atoms with Gasteiger partial charge in [-0.05, 0) is 49.8 Å². The Morgan fingerprint density at radius 3 is 2.79 bits per heavy atom. The molecule has 1 aromatic heterocycles. The molecule has 0 bridgehead atoms. The molecule has 0 saturated carbocycles. The van der Waals surface area contributed by atoms with Gasteiger partial charge in [0, 0.05) is 36.3 Å². The van der Waals surface area contributed by atoms with Gasteiger partial charge in [0.1, 0.15) is 0 Å². The summed E-state index contributed by atoms with van der Waals surface area (Å²) in [5.74, 6) is -0.0824. The van der Waals surface area contributed by atoms with Crippen LogP contribution < -0.4 is 0 Å². The predicted octanol–water partition coefficient (Wildman–Crippen LogP) is 3.98. The van der Waals surface area contributed by atoms with E-state index >= 15 is 0 Å². The van der Waals surface area contributed by atoms with Crippen LogP contribution in [0.3, 0.4) is 0 Å². The fraction of sp³-hybridized carbons (Fsp3) is 0.476. The number of fused-ring (bicyclic) bond motifs is 2. The first-order valence-corrected chi connectivity index (χ1v) is 10.3. The number of aromatic nitrogens is 1. The van der Waals surface area contributed by atoms with E-state index in [2.05, 4.69) is 0 Å². The van der Waals surface area contributed by atoms with Crippen molar-refractivity contribution >= 4 is 34.5 Å². The number of carbonyl (C=O) groups is 2. The fourth-order valence-corrected chi connectivity index (χ4v) is 4.69. The Balaban J connectivity index is 1.62. The number of halogens is 1. The van der Waals surface area contributed by atoms with Gasteiger partial charge in [0.05, 0.1) is 16.6 Å². The molecule has 2 aliphatic rings. The summed E-state index contributed by atoms with van der Waals surface area (Å²) in [6.07, 6.45) is 3.90. The number of hydrogen-bond acceptors (Lipinski definition) is 3. The Kier molecular flexibility index (Phi) is 5.15. The number of rotatable bonds is 2. The van der Waals surface area contributed by atoms with Gasteiger partial charge in [-0.25, -0.2) is 4.79 Å². The Hall–Kier alpha value is -2.34. The number of carboxylic acid groups (broad SMARTS) is 1. The van der Waals surface area contributed by atoms with Crippen molar-refractivity contribution in [3.8, 4) is 0 Å². The second kappa shape index (κ2) is 7.59. The van der Waals surface area contributed by atoms with Crippen LogP contribution in [0.4, 0.5) is 4.79 Å². The Morgan fingerprint density at radius 1 is 1.25 bits per heavy atom.